The average Bonchev–Trinajstić information content (AvgIpc) is 3.23. The Morgan fingerprint density at radius 2 is 2.04 bits per heavy atom. The molecule has 1 aliphatic heterocycles. The Kier molecular flexibility index (Phi) is 4.88. The van der Waals surface area contributed by atoms with Crippen molar-refractivity contribution in [1.29, 1.82) is 0 Å². The molecule has 1 atom stereocenters. The molecule has 6 nitrogen and oxygen atoms in total. The lowest BCUT2D eigenvalue weighted by molar-refractivity contribution is -0.138. The van der Waals surface area contributed by atoms with E-state index in [1.54, 1.807) is 0 Å². The van der Waals surface area contributed by atoms with E-state index in [0.717, 1.165) is 49.4 Å². The molecule has 0 unspecified atom stereocenters. The molecule has 3 heterocycles. The number of amides is 1. The van der Waals surface area contributed by atoms with E-state index in [4.69, 9.17) is 0 Å². The zero-order valence-electron chi connectivity index (χ0n) is 15.6. The minimum absolute atomic E-state index is 0.240. The predicted molar refractivity (Wildman–Crippen MR) is 96.8 cm³/mol. The average molecular weight is 341 g/mol. The third-order valence-electron chi connectivity index (χ3n) is 4.67. The molecule has 2 aromatic rings. The van der Waals surface area contributed by atoms with Gasteiger partial charge < -0.3 is 4.90 Å². The van der Waals surface area contributed by atoms with E-state index >= 15 is 0 Å². The molecule has 0 aliphatic carbocycles. The fraction of sp³-hybridized carbons (Fsp3) is 0.579. The van der Waals surface area contributed by atoms with Gasteiger partial charge in [0.2, 0.25) is 5.91 Å². The molecule has 1 fully saturated rings. The highest BCUT2D eigenvalue weighted by Gasteiger charge is 2.32. The summed E-state index contributed by atoms with van der Waals surface area (Å²) in [6.45, 7) is 10.5. The van der Waals surface area contributed by atoms with E-state index in [1.807, 2.05) is 55.1 Å². The molecule has 1 aliphatic rings. The van der Waals surface area contributed by atoms with E-state index in [9.17, 15) is 4.79 Å². The second-order valence-corrected chi connectivity index (χ2v) is 7.84. The molecule has 134 valence electrons. The second kappa shape index (κ2) is 6.94. The van der Waals surface area contributed by atoms with Gasteiger partial charge in [-0.2, -0.15) is 5.10 Å². The lowest BCUT2D eigenvalue weighted by Gasteiger charge is -2.25. The Bertz CT molecular complexity index is 729. The number of hydrogen-bond donors (Lipinski definition) is 0. The van der Waals surface area contributed by atoms with Crippen molar-refractivity contribution in [3.05, 3.63) is 30.5 Å². The van der Waals surface area contributed by atoms with Crippen LogP contribution >= 0.6 is 0 Å². The number of aromatic nitrogens is 4. The standard InChI is InChI=1S/C19H27N5O/c1-5-24-13-15(9-22-24)17-11-20-16(10-21-17)8-14-6-7-23(12-14)18(25)19(2,3)4/h9-11,13-14H,5-8,12H2,1-4H3/t14-/m0/s1. The molecule has 0 spiro atoms. The van der Waals surface area contributed by atoms with Crippen LogP contribution in [0.15, 0.2) is 24.8 Å². The van der Waals surface area contributed by atoms with Crippen LogP contribution in [-0.2, 0) is 17.8 Å². The monoisotopic (exact) mass is 341 g/mol. The highest BCUT2D eigenvalue weighted by molar-refractivity contribution is 5.81. The summed E-state index contributed by atoms with van der Waals surface area (Å²) >= 11 is 0. The van der Waals surface area contributed by atoms with E-state index < -0.39 is 0 Å². The van der Waals surface area contributed by atoms with Crippen molar-refractivity contribution in [3.63, 3.8) is 0 Å². The van der Waals surface area contributed by atoms with Gasteiger partial charge in [-0.15, -0.1) is 0 Å². The van der Waals surface area contributed by atoms with Gasteiger partial charge in [-0.1, -0.05) is 20.8 Å². The van der Waals surface area contributed by atoms with Crippen LogP contribution in [0.5, 0.6) is 0 Å². The SMILES string of the molecule is CCn1cc(-c2cnc(C[C@@H]3CCN(C(=O)C(C)(C)C)C3)cn2)cn1. The van der Waals surface area contributed by atoms with Gasteiger partial charge >= 0.3 is 0 Å². The van der Waals surface area contributed by atoms with Crippen molar-refractivity contribution in [3.8, 4) is 11.3 Å². The van der Waals surface area contributed by atoms with E-state index in [1.165, 1.54) is 0 Å². The Balaban J connectivity index is 1.60. The normalized spacial score (nSPS) is 17.9. The van der Waals surface area contributed by atoms with E-state index in [-0.39, 0.29) is 11.3 Å². The quantitative estimate of drug-likeness (QED) is 0.858. The maximum absolute atomic E-state index is 12.4. The third-order valence-corrected chi connectivity index (χ3v) is 4.67. The zero-order chi connectivity index (χ0) is 18.0. The van der Waals surface area contributed by atoms with Gasteiger partial charge in [0.05, 0.1) is 23.8 Å². The van der Waals surface area contributed by atoms with Crippen molar-refractivity contribution in [2.24, 2.45) is 11.3 Å². The van der Waals surface area contributed by atoms with Crippen LogP contribution in [-0.4, -0.2) is 43.6 Å². The zero-order valence-corrected chi connectivity index (χ0v) is 15.6. The Morgan fingerprint density at radius 1 is 1.24 bits per heavy atom. The number of carbonyl (C=O) groups is 1. The second-order valence-electron chi connectivity index (χ2n) is 7.84. The Hall–Kier alpha value is -2.24. The van der Waals surface area contributed by atoms with Crippen molar-refractivity contribution in [1.82, 2.24) is 24.6 Å². The van der Waals surface area contributed by atoms with Gasteiger partial charge in [-0.05, 0) is 25.7 Å². The van der Waals surface area contributed by atoms with Crippen molar-refractivity contribution >= 4 is 5.91 Å². The largest absolute Gasteiger partial charge is 0.342 e. The van der Waals surface area contributed by atoms with Crippen molar-refractivity contribution < 1.29 is 4.79 Å². The molecule has 1 saturated heterocycles. The summed E-state index contributed by atoms with van der Waals surface area (Å²) < 4.78 is 1.88. The predicted octanol–water partition coefficient (Wildman–Crippen LogP) is 2.80. The first-order chi connectivity index (χ1) is 11.9. The minimum atomic E-state index is -0.306. The molecular formula is C19H27N5O. The number of nitrogens with zero attached hydrogens (tertiary/aromatic N) is 5. The molecule has 0 radical (unpaired) electrons. The summed E-state index contributed by atoms with van der Waals surface area (Å²) in [5.74, 6) is 0.707. The van der Waals surface area contributed by atoms with Gasteiger partial charge in [0.1, 0.15) is 0 Å². The number of carbonyl (C=O) groups excluding carboxylic acids is 1. The first kappa shape index (κ1) is 17.6. The van der Waals surface area contributed by atoms with Crippen LogP contribution in [0.3, 0.4) is 0 Å². The number of rotatable bonds is 4. The Labute approximate surface area is 149 Å². The molecule has 0 N–H and O–H groups in total. The van der Waals surface area contributed by atoms with Crippen molar-refractivity contribution in [2.45, 2.75) is 47.1 Å². The molecule has 0 aromatic carbocycles. The molecule has 3 rings (SSSR count). The minimum Gasteiger partial charge on any atom is -0.342 e. The lowest BCUT2D eigenvalue weighted by atomic mass is 9.95. The fourth-order valence-corrected chi connectivity index (χ4v) is 3.23. The lowest BCUT2D eigenvalue weighted by Crippen LogP contribution is -2.38. The molecule has 0 bridgehead atoms. The maximum atomic E-state index is 12.4. The molecule has 2 aromatic heterocycles. The maximum Gasteiger partial charge on any atom is 0.227 e. The molecule has 25 heavy (non-hydrogen) atoms. The molecule has 6 heteroatoms. The van der Waals surface area contributed by atoms with Crippen LogP contribution in [0.2, 0.25) is 0 Å². The molecule has 0 saturated carbocycles. The van der Waals surface area contributed by atoms with Gasteiger partial charge in [0.25, 0.3) is 0 Å². The summed E-state index contributed by atoms with van der Waals surface area (Å²) in [6.07, 6.45) is 9.38. The Morgan fingerprint density at radius 3 is 2.64 bits per heavy atom. The van der Waals surface area contributed by atoms with Gasteiger partial charge in [0, 0.05) is 43.0 Å². The summed E-state index contributed by atoms with van der Waals surface area (Å²) in [5, 5.41) is 4.27. The third kappa shape index (κ3) is 4.06. The van der Waals surface area contributed by atoms with E-state index in [2.05, 4.69) is 22.0 Å². The summed E-state index contributed by atoms with van der Waals surface area (Å²) in [5.41, 5.74) is 2.52. The van der Waals surface area contributed by atoms with Crippen LogP contribution < -0.4 is 0 Å². The van der Waals surface area contributed by atoms with Crippen LogP contribution in [0.25, 0.3) is 11.3 Å². The topological polar surface area (TPSA) is 63.9 Å². The van der Waals surface area contributed by atoms with E-state index in [0.29, 0.717) is 5.92 Å². The smallest absolute Gasteiger partial charge is 0.227 e. The first-order valence-corrected chi connectivity index (χ1v) is 9.00. The number of hydrogen-bond acceptors (Lipinski definition) is 4. The summed E-state index contributed by atoms with van der Waals surface area (Å²) in [7, 11) is 0. The van der Waals surface area contributed by atoms with Crippen LogP contribution in [0.1, 0.15) is 39.8 Å². The fourth-order valence-electron chi connectivity index (χ4n) is 3.23. The first-order valence-electron chi connectivity index (χ1n) is 9.00. The molecule has 1 amide bonds. The summed E-state index contributed by atoms with van der Waals surface area (Å²) in [4.78, 5) is 23.5. The summed E-state index contributed by atoms with van der Waals surface area (Å²) in [6, 6.07) is 0. The number of aryl methyl sites for hydroxylation is 1. The van der Waals surface area contributed by atoms with Crippen molar-refractivity contribution in [2.75, 3.05) is 13.1 Å². The van der Waals surface area contributed by atoms with Gasteiger partial charge in [-0.3, -0.25) is 19.4 Å². The van der Waals surface area contributed by atoms with Gasteiger partial charge in [0.15, 0.2) is 0 Å². The van der Waals surface area contributed by atoms with Gasteiger partial charge in [-0.25, -0.2) is 0 Å². The highest BCUT2D eigenvalue weighted by atomic mass is 16.2. The van der Waals surface area contributed by atoms with Crippen LogP contribution in [0.4, 0.5) is 0 Å². The number of likely N-dealkylation sites (tertiary alicyclic amines) is 1. The highest BCUT2D eigenvalue weighted by Crippen LogP contribution is 2.26. The van der Waals surface area contributed by atoms with Crippen LogP contribution in [0, 0.1) is 11.3 Å². The molecular weight excluding hydrogens is 314 g/mol.